The third-order valence-corrected chi connectivity index (χ3v) is 4.17. The number of halogens is 1. The van der Waals surface area contributed by atoms with E-state index < -0.39 is 0 Å². The Morgan fingerprint density at radius 2 is 1.78 bits per heavy atom. The van der Waals surface area contributed by atoms with Crippen molar-refractivity contribution < 1.29 is 14.3 Å². The Morgan fingerprint density at radius 1 is 1.11 bits per heavy atom. The lowest BCUT2D eigenvalue weighted by Gasteiger charge is -2.19. The molecule has 0 unspecified atom stereocenters. The van der Waals surface area contributed by atoms with Gasteiger partial charge in [-0.1, -0.05) is 41.9 Å². The summed E-state index contributed by atoms with van der Waals surface area (Å²) in [5, 5.41) is 6.17. The maximum atomic E-state index is 12.2. The van der Waals surface area contributed by atoms with Crippen molar-refractivity contribution in [2.75, 3.05) is 32.6 Å². The number of ether oxygens (including phenoxy) is 1. The van der Waals surface area contributed by atoms with E-state index in [1.807, 2.05) is 37.3 Å². The highest BCUT2D eigenvalue weighted by Crippen LogP contribution is 2.27. The first-order chi connectivity index (χ1) is 12.9. The SMILES string of the molecule is COc1ccc(Cl)cc1NC(=O)CN(C)CC(=O)N[C@@H](C)c1ccccc1. The van der Waals surface area contributed by atoms with Gasteiger partial charge >= 0.3 is 0 Å². The number of amides is 2. The molecule has 2 N–H and O–H groups in total. The van der Waals surface area contributed by atoms with Crippen LogP contribution in [-0.4, -0.2) is 44.0 Å². The number of nitrogens with zero attached hydrogens (tertiary/aromatic N) is 1. The predicted molar refractivity (Wildman–Crippen MR) is 107 cm³/mol. The van der Waals surface area contributed by atoms with Gasteiger partial charge in [-0.2, -0.15) is 0 Å². The van der Waals surface area contributed by atoms with Gasteiger partial charge in [0.2, 0.25) is 11.8 Å². The summed E-state index contributed by atoms with van der Waals surface area (Å²) in [6.45, 7) is 2.09. The monoisotopic (exact) mass is 389 g/mol. The second kappa shape index (κ2) is 9.94. The van der Waals surface area contributed by atoms with E-state index in [2.05, 4.69) is 10.6 Å². The zero-order valence-electron chi connectivity index (χ0n) is 15.7. The van der Waals surface area contributed by atoms with Gasteiger partial charge in [0, 0.05) is 5.02 Å². The van der Waals surface area contributed by atoms with Crippen molar-refractivity contribution in [1.82, 2.24) is 10.2 Å². The summed E-state index contributed by atoms with van der Waals surface area (Å²) in [4.78, 5) is 26.1. The number of carbonyl (C=O) groups is 2. The molecule has 27 heavy (non-hydrogen) atoms. The van der Waals surface area contributed by atoms with E-state index in [-0.39, 0.29) is 30.9 Å². The Balaban J connectivity index is 1.84. The highest BCUT2D eigenvalue weighted by atomic mass is 35.5. The van der Waals surface area contributed by atoms with Gasteiger partial charge in [-0.05, 0) is 37.7 Å². The number of likely N-dealkylation sites (N-methyl/N-ethyl adjacent to an activating group) is 1. The quantitative estimate of drug-likeness (QED) is 0.727. The smallest absolute Gasteiger partial charge is 0.238 e. The van der Waals surface area contributed by atoms with E-state index in [1.54, 1.807) is 30.1 Å². The maximum Gasteiger partial charge on any atom is 0.238 e. The van der Waals surface area contributed by atoms with E-state index in [9.17, 15) is 9.59 Å². The molecule has 0 spiro atoms. The fourth-order valence-corrected chi connectivity index (χ4v) is 2.80. The van der Waals surface area contributed by atoms with Crippen LogP contribution in [0.5, 0.6) is 5.75 Å². The molecule has 144 valence electrons. The molecule has 6 nitrogen and oxygen atoms in total. The minimum absolute atomic E-state index is 0.0583. The van der Waals surface area contributed by atoms with Crippen LogP contribution in [0.25, 0.3) is 0 Å². The molecule has 2 amide bonds. The molecule has 0 aliphatic heterocycles. The number of benzene rings is 2. The van der Waals surface area contributed by atoms with Gasteiger partial charge < -0.3 is 15.4 Å². The Hall–Kier alpha value is -2.57. The normalized spacial score (nSPS) is 11.7. The lowest BCUT2D eigenvalue weighted by molar-refractivity contribution is -0.123. The number of hydrogen-bond donors (Lipinski definition) is 2. The van der Waals surface area contributed by atoms with Crippen LogP contribution >= 0.6 is 11.6 Å². The maximum absolute atomic E-state index is 12.2. The molecule has 1 atom stereocenters. The van der Waals surface area contributed by atoms with Crippen molar-refractivity contribution in [3.8, 4) is 5.75 Å². The fraction of sp³-hybridized carbons (Fsp3) is 0.300. The van der Waals surface area contributed by atoms with Crippen LogP contribution in [0.1, 0.15) is 18.5 Å². The molecule has 0 aromatic heterocycles. The van der Waals surface area contributed by atoms with Crippen molar-refractivity contribution >= 4 is 29.1 Å². The summed E-state index contributed by atoms with van der Waals surface area (Å²) in [7, 11) is 3.23. The van der Waals surface area contributed by atoms with Gasteiger partial charge in [0.25, 0.3) is 0 Å². The van der Waals surface area contributed by atoms with Crippen LogP contribution in [0.3, 0.4) is 0 Å². The van der Waals surface area contributed by atoms with Crippen molar-refractivity contribution in [2.24, 2.45) is 0 Å². The Labute approximate surface area is 164 Å². The van der Waals surface area contributed by atoms with Crippen LogP contribution in [0.15, 0.2) is 48.5 Å². The number of anilines is 1. The number of methoxy groups -OCH3 is 1. The Morgan fingerprint density at radius 3 is 2.44 bits per heavy atom. The highest BCUT2D eigenvalue weighted by Gasteiger charge is 2.15. The molecule has 0 aliphatic rings. The summed E-state index contributed by atoms with van der Waals surface area (Å²) >= 11 is 5.96. The average Bonchev–Trinajstić information content (AvgIpc) is 2.62. The summed E-state index contributed by atoms with van der Waals surface area (Å²) in [5.74, 6) is 0.105. The van der Waals surface area contributed by atoms with E-state index >= 15 is 0 Å². The summed E-state index contributed by atoms with van der Waals surface area (Å²) in [6, 6.07) is 14.6. The topological polar surface area (TPSA) is 70.7 Å². The van der Waals surface area contributed by atoms with Crippen molar-refractivity contribution in [2.45, 2.75) is 13.0 Å². The minimum Gasteiger partial charge on any atom is -0.495 e. The average molecular weight is 390 g/mol. The van der Waals surface area contributed by atoms with Crippen LogP contribution in [0.4, 0.5) is 5.69 Å². The van der Waals surface area contributed by atoms with Crippen LogP contribution in [0.2, 0.25) is 5.02 Å². The molecule has 0 aliphatic carbocycles. The predicted octanol–water partition coefficient (Wildman–Crippen LogP) is 3.10. The van der Waals surface area contributed by atoms with E-state index in [1.165, 1.54) is 7.11 Å². The fourth-order valence-electron chi connectivity index (χ4n) is 2.63. The summed E-state index contributed by atoms with van der Waals surface area (Å²) < 4.78 is 5.21. The van der Waals surface area contributed by atoms with E-state index in [4.69, 9.17) is 16.3 Å². The van der Waals surface area contributed by atoms with Crippen molar-refractivity contribution in [3.05, 3.63) is 59.1 Å². The molecular formula is C20H24ClN3O3. The molecule has 7 heteroatoms. The van der Waals surface area contributed by atoms with Gasteiger partial charge in [-0.15, -0.1) is 0 Å². The summed E-state index contributed by atoms with van der Waals surface area (Å²) in [6.07, 6.45) is 0. The number of rotatable bonds is 8. The number of hydrogen-bond acceptors (Lipinski definition) is 4. The van der Waals surface area contributed by atoms with Crippen LogP contribution in [-0.2, 0) is 9.59 Å². The summed E-state index contributed by atoms with van der Waals surface area (Å²) in [5.41, 5.74) is 1.52. The van der Waals surface area contributed by atoms with Gasteiger partial charge in [0.15, 0.2) is 0 Å². The molecular weight excluding hydrogens is 366 g/mol. The molecule has 0 radical (unpaired) electrons. The minimum atomic E-state index is -0.262. The number of nitrogens with one attached hydrogen (secondary N) is 2. The zero-order chi connectivity index (χ0) is 19.8. The van der Waals surface area contributed by atoms with Gasteiger partial charge in [-0.3, -0.25) is 14.5 Å². The first kappa shape index (κ1) is 20.7. The molecule has 0 saturated carbocycles. The standard InChI is InChI=1S/C20H24ClN3O3/c1-14(15-7-5-4-6-8-15)22-19(25)12-24(2)13-20(26)23-17-11-16(21)9-10-18(17)27-3/h4-11,14H,12-13H2,1-3H3,(H,22,25)(H,23,26)/t14-/m0/s1. The first-order valence-corrected chi connectivity index (χ1v) is 8.93. The third kappa shape index (κ3) is 6.58. The molecule has 0 heterocycles. The lowest BCUT2D eigenvalue weighted by atomic mass is 10.1. The second-order valence-electron chi connectivity index (χ2n) is 6.26. The molecule has 0 fully saturated rings. The highest BCUT2D eigenvalue weighted by molar-refractivity contribution is 6.31. The molecule has 2 rings (SSSR count). The second-order valence-corrected chi connectivity index (χ2v) is 6.70. The Kier molecular flexibility index (Phi) is 7.64. The van der Waals surface area contributed by atoms with Gasteiger partial charge in [0.05, 0.1) is 31.9 Å². The van der Waals surface area contributed by atoms with E-state index in [0.717, 1.165) is 5.56 Å². The molecule has 0 bridgehead atoms. The molecule has 2 aromatic rings. The van der Waals surface area contributed by atoms with Gasteiger partial charge in [-0.25, -0.2) is 0 Å². The molecule has 2 aromatic carbocycles. The zero-order valence-corrected chi connectivity index (χ0v) is 16.4. The first-order valence-electron chi connectivity index (χ1n) is 8.55. The Bertz CT molecular complexity index is 783. The molecule has 0 saturated heterocycles. The van der Waals surface area contributed by atoms with Crippen LogP contribution in [0, 0.1) is 0 Å². The van der Waals surface area contributed by atoms with E-state index in [0.29, 0.717) is 16.5 Å². The largest absolute Gasteiger partial charge is 0.495 e. The van der Waals surface area contributed by atoms with Gasteiger partial charge in [0.1, 0.15) is 5.75 Å². The number of carbonyl (C=O) groups excluding carboxylic acids is 2. The van der Waals surface area contributed by atoms with Crippen molar-refractivity contribution in [1.29, 1.82) is 0 Å². The van der Waals surface area contributed by atoms with Crippen molar-refractivity contribution in [3.63, 3.8) is 0 Å². The lowest BCUT2D eigenvalue weighted by Crippen LogP contribution is -2.39. The van der Waals surface area contributed by atoms with Crippen LogP contribution < -0.4 is 15.4 Å². The third-order valence-electron chi connectivity index (χ3n) is 3.94.